The Bertz CT molecular complexity index is 1300. The summed E-state index contributed by atoms with van der Waals surface area (Å²) in [5.74, 6) is 0. The van der Waals surface area contributed by atoms with Gasteiger partial charge in [0.05, 0.1) is 6.54 Å². The van der Waals surface area contributed by atoms with Crippen molar-refractivity contribution in [3.05, 3.63) is 71.8 Å². The highest BCUT2D eigenvalue weighted by molar-refractivity contribution is 6.00. The molecule has 0 aliphatic heterocycles. The largest absolute Gasteiger partial charge is 0.183 e. The number of nitrogens with zero attached hydrogens (tertiary/aromatic N) is 3. The van der Waals surface area contributed by atoms with E-state index in [1.54, 1.807) is 0 Å². The predicted octanol–water partition coefficient (Wildman–Crippen LogP) is 10.7. The molecule has 0 N–H and O–H groups in total. The highest BCUT2D eigenvalue weighted by Gasteiger charge is 2.23. The molecule has 0 amide bonds. The summed E-state index contributed by atoms with van der Waals surface area (Å²) in [4.78, 5) is 1.90. The van der Waals surface area contributed by atoms with Crippen LogP contribution in [0.5, 0.6) is 0 Å². The monoisotopic (exact) mass is 537 g/mol. The third kappa shape index (κ3) is 6.85. The smallest absolute Gasteiger partial charge is 0.121 e. The van der Waals surface area contributed by atoms with Crippen molar-refractivity contribution in [2.75, 3.05) is 0 Å². The molecule has 1 aromatic heterocycles. The molecule has 4 aromatic rings. The van der Waals surface area contributed by atoms with Gasteiger partial charge < -0.3 is 0 Å². The fraction of sp³-hybridized carbons (Fsp3) is 0.514. The fourth-order valence-electron chi connectivity index (χ4n) is 5.72. The zero-order valence-corrected chi connectivity index (χ0v) is 26.6. The van der Waals surface area contributed by atoms with Crippen LogP contribution in [0.25, 0.3) is 33.3 Å². The van der Waals surface area contributed by atoms with Crippen molar-refractivity contribution < 1.29 is 0 Å². The van der Waals surface area contributed by atoms with Crippen LogP contribution in [0.1, 0.15) is 112 Å². The number of benzene rings is 3. The summed E-state index contributed by atoms with van der Waals surface area (Å²) < 4.78 is 0. The van der Waals surface area contributed by atoms with Gasteiger partial charge in [0.1, 0.15) is 11.0 Å². The number of fused-ring (bicyclic) bond motifs is 1. The Hall–Kier alpha value is -2.94. The van der Waals surface area contributed by atoms with Gasteiger partial charge in [-0.15, -0.1) is 0 Å². The van der Waals surface area contributed by atoms with Crippen LogP contribution in [-0.4, -0.2) is 15.0 Å². The summed E-state index contributed by atoms with van der Waals surface area (Å²) in [7, 11) is 0. The maximum absolute atomic E-state index is 5.07. The lowest BCUT2D eigenvalue weighted by molar-refractivity contribution is 0.305. The molecule has 1 heterocycles. The SMILES string of the molecule is CCCCC(C)(C)c1ccc(-c2ccc(-c3ccc(C(C)(C)CCCC)cc3)c3nn(CC(C)(C)C)nc23)cc1. The van der Waals surface area contributed by atoms with Gasteiger partial charge in [-0.3, -0.25) is 0 Å². The van der Waals surface area contributed by atoms with E-state index in [2.05, 4.69) is 123 Å². The second-order valence-corrected chi connectivity index (χ2v) is 14.3. The van der Waals surface area contributed by atoms with Crippen LogP contribution in [0, 0.1) is 5.41 Å². The van der Waals surface area contributed by atoms with Gasteiger partial charge in [-0.2, -0.15) is 15.0 Å². The van der Waals surface area contributed by atoms with Gasteiger partial charge in [0.15, 0.2) is 0 Å². The first-order chi connectivity index (χ1) is 18.8. The van der Waals surface area contributed by atoms with E-state index >= 15 is 0 Å². The number of hydrogen-bond donors (Lipinski definition) is 0. The molecule has 214 valence electrons. The molecule has 0 radical (unpaired) electrons. The van der Waals surface area contributed by atoms with Crippen molar-refractivity contribution in [1.82, 2.24) is 15.0 Å². The van der Waals surface area contributed by atoms with Crippen LogP contribution in [-0.2, 0) is 17.4 Å². The summed E-state index contributed by atoms with van der Waals surface area (Å²) in [6, 6.07) is 22.8. The van der Waals surface area contributed by atoms with Crippen LogP contribution < -0.4 is 0 Å². The molecular weight excluding hydrogens is 486 g/mol. The van der Waals surface area contributed by atoms with Crippen LogP contribution in [0.3, 0.4) is 0 Å². The third-order valence-electron chi connectivity index (χ3n) is 8.46. The Labute approximate surface area is 243 Å². The van der Waals surface area contributed by atoms with Gasteiger partial charge >= 0.3 is 0 Å². The van der Waals surface area contributed by atoms with Gasteiger partial charge in [0.25, 0.3) is 0 Å². The van der Waals surface area contributed by atoms with Gasteiger partial charge in [-0.05, 0) is 51.3 Å². The van der Waals surface area contributed by atoms with E-state index in [0.717, 1.165) is 28.7 Å². The Balaban J connectivity index is 1.75. The molecule has 3 heteroatoms. The minimum absolute atomic E-state index is 0.0901. The maximum atomic E-state index is 5.07. The van der Waals surface area contributed by atoms with Crippen LogP contribution in [0.15, 0.2) is 60.7 Å². The van der Waals surface area contributed by atoms with E-state index in [4.69, 9.17) is 10.2 Å². The summed E-state index contributed by atoms with van der Waals surface area (Å²) >= 11 is 0. The number of hydrogen-bond acceptors (Lipinski definition) is 2. The molecule has 0 aliphatic rings. The first-order valence-electron chi connectivity index (χ1n) is 15.4. The van der Waals surface area contributed by atoms with Gasteiger partial charge in [-0.25, -0.2) is 0 Å². The quantitative estimate of drug-likeness (QED) is 0.190. The minimum atomic E-state index is 0.0901. The van der Waals surface area contributed by atoms with Crippen molar-refractivity contribution in [2.45, 2.75) is 118 Å². The average Bonchev–Trinajstić information content (AvgIpc) is 3.32. The molecular formula is C37H51N3. The topological polar surface area (TPSA) is 30.7 Å². The Morgan fingerprint density at radius 3 is 1.25 bits per heavy atom. The number of unbranched alkanes of at least 4 members (excludes halogenated alkanes) is 2. The molecule has 4 rings (SSSR count). The van der Waals surface area contributed by atoms with Crippen molar-refractivity contribution in [3.63, 3.8) is 0 Å². The molecule has 3 aromatic carbocycles. The van der Waals surface area contributed by atoms with Crippen molar-refractivity contribution in [1.29, 1.82) is 0 Å². The van der Waals surface area contributed by atoms with Gasteiger partial charge in [0.2, 0.25) is 0 Å². The zero-order chi connectivity index (χ0) is 29.1. The zero-order valence-electron chi connectivity index (χ0n) is 26.6. The van der Waals surface area contributed by atoms with E-state index in [1.165, 1.54) is 60.8 Å². The van der Waals surface area contributed by atoms with Crippen LogP contribution >= 0.6 is 0 Å². The molecule has 3 nitrogen and oxygen atoms in total. The first kappa shape index (κ1) is 30.0. The molecule has 0 spiro atoms. The van der Waals surface area contributed by atoms with Crippen LogP contribution in [0.4, 0.5) is 0 Å². The Morgan fingerprint density at radius 2 is 0.925 bits per heavy atom. The van der Waals surface area contributed by atoms with Crippen molar-refractivity contribution >= 4 is 11.0 Å². The highest BCUT2D eigenvalue weighted by atomic mass is 15.5. The van der Waals surface area contributed by atoms with Crippen molar-refractivity contribution in [3.8, 4) is 22.3 Å². The Morgan fingerprint density at radius 1 is 0.550 bits per heavy atom. The summed E-state index contributed by atoms with van der Waals surface area (Å²) in [6.07, 6.45) is 7.38. The standard InChI is InChI=1S/C37H51N3/c1-10-12-24-36(6,7)29-18-14-27(15-19-29)31-22-23-32(34-33(31)38-40(39-34)26-35(3,4)5)28-16-20-30(21-17-28)37(8,9)25-13-11-2/h14-23H,10-13,24-26H2,1-9H3. The molecule has 0 aliphatic carbocycles. The molecule has 0 fully saturated rings. The predicted molar refractivity (Wildman–Crippen MR) is 173 cm³/mol. The molecule has 0 saturated heterocycles. The molecule has 0 unspecified atom stereocenters. The molecule has 0 bridgehead atoms. The van der Waals surface area contributed by atoms with Crippen molar-refractivity contribution in [2.24, 2.45) is 5.41 Å². The van der Waals surface area contributed by atoms with E-state index in [9.17, 15) is 0 Å². The van der Waals surface area contributed by atoms with Crippen LogP contribution in [0.2, 0.25) is 0 Å². The third-order valence-corrected chi connectivity index (χ3v) is 8.46. The van der Waals surface area contributed by atoms with Gasteiger partial charge in [-0.1, -0.05) is 149 Å². The second kappa shape index (κ2) is 11.9. The van der Waals surface area contributed by atoms with Gasteiger partial charge in [0, 0.05) is 11.1 Å². The minimum Gasteiger partial charge on any atom is -0.183 e. The van der Waals surface area contributed by atoms with E-state index in [0.29, 0.717) is 0 Å². The van der Waals surface area contributed by atoms with E-state index < -0.39 is 0 Å². The maximum Gasteiger partial charge on any atom is 0.121 e. The summed E-state index contributed by atoms with van der Waals surface area (Å²) in [6.45, 7) is 21.5. The summed E-state index contributed by atoms with van der Waals surface area (Å²) in [5.41, 5.74) is 9.90. The summed E-state index contributed by atoms with van der Waals surface area (Å²) in [5, 5.41) is 10.1. The lowest BCUT2D eigenvalue weighted by Gasteiger charge is -2.25. The highest BCUT2D eigenvalue weighted by Crippen LogP contribution is 2.37. The number of aromatic nitrogens is 3. The first-order valence-corrected chi connectivity index (χ1v) is 15.4. The molecule has 0 saturated carbocycles. The lowest BCUT2D eigenvalue weighted by Crippen LogP contribution is -2.17. The molecule has 0 atom stereocenters. The van der Waals surface area contributed by atoms with E-state index in [1.807, 2.05) is 4.80 Å². The second-order valence-electron chi connectivity index (χ2n) is 14.3. The molecule has 40 heavy (non-hydrogen) atoms. The fourth-order valence-corrected chi connectivity index (χ4v) is 5.72. The van der Waals surface area contributed by atoms with E-state index in [-0.39, 0.29) is 16.2 Å². The lowest BCUT2D eigenvalue weighted by atomic mass is 9.79. The number of rotatable bonds is 11. The average molecular weight is 538 g/mol. The normalized spacial score (nSPS) is 12.8. The Kier molecular flexibility index (Phi) is 8.93.